The molecule has 2 aromatic heterocycles. The summed E-state index contributed by atoms with van der Waals surface area (Å²) in [5, 5.41) is 6.68. The molecule has 3 aromatic rings. The van der Waals surface area contributed by atoms with Gasteiger partial charge in [-0.1, -0.05) is 13.3 Å². The zero-order chi connectivity index (χ0) is 26.4. The second-order valence-corrected chi connectivity index (χ2v) is 10.1. The van der Waals surface area contributed by atoms with Gasteiger partial charge < -0.3 is 26.4 Å². The molecule has 1 amide bonds. The number of likely N-dealkylation sites (N-methyl/N-ethyl adjacent to an activating group) is 2. The number of carbonyl (C=O) groups is 1. The minimum Gasteiger partial charge on any atom is -0.456 e. The van der Waals surface area contributed by atoms with Crippen molar-refractivity contribution in [2.24, 2.45) is 10.7 Å². The largest absolute Gasteiger partial charge is 0.456 e. The summed E-state index contributed by atoms with van der Waals surface area (Å²) in [5.41, 5.74) is 14.5. The Morgan fingerprint density at radius 2 is 2.08 bits per heavy atom. The third kappa shape index (κ3) is 6.62. The van der Waals surface area contributed by atoms with Crippen LogP contribution in [0.5, 0.6) is 11.5 Å². The van der Waals surface area contributed by atoms with Crippen molar-refractivity contribution in [3.05, 3.63) is 58.2 Å². The van der Waals surface area contributed by atoms with Crippen LogP contribution in [0.4, 0.5) is 10.9 Å². The number of ether oxygens (including phenoxy) is 1. The van der Waals surface area contributed by atoms with Crippen LogP contribution < -0.4 is 26.8 Å². The van der Waals surface area contributed by atoms with Gasteiger partial charge in [0.25, 0.3) is 5.91 Å². The molecule has 10 nitrogen and oxygen atoms in total. The lowest BCUT2D eigenvalue weighted by atomic mass is 10.1. The minimum atomic E-state index is -0.220. The standard InChI is InChI=1S/C26H34N8O2S/c1-4-5-17(14-29-2)31-24(28)22-20(10-12-30-23(22)27)36-18-8-6-16(7-9-18)25(35)33-26-32-19-15-34(3)13-11-21(19)37-26/h6-10,12,17,29H,4-5,11,13-15H2,1-3H3,(H2,27,30)(H2,28,31)(H,32,33,35). The van der Waals surface area contributed by atoms with Crippen LogP contribution in [0.1, 0.15) is 46.3 Å². The lowest BCUT2D eigenvalue weighted by molar-refractivity contribution is 0.102. The highest BCUT2D eigenvalue weighted by atomic mass is 32.1. The topological polar surface area (TPSA) is 144 Å². The number of fused-ring (bicyclic) bond motifs is 1. The highest BCUT2D eigenvalue weighted by molar-refractivity contribution is 7.15. The normalized spacial score (nSPS) is 14.7. The molecule has 1 aromatic carbocycles. The van der Waals surface area contributed by atoms with E-state index in [1.54, 1.807) is 47.9 Å². The van der Waals surface area contributed by atoms with E-state index < -0.39 is 0 Å². The summed E-state index contributed by atoms with van der Waals surface area (Å²) < 4.78 is 6.09. The van der Waals surface area contributed by atoms with Crippen LogP contribution in [0, 0.1) is 0 Å². The number of nitrogens with zero attached hydrogens (tertiary/aromatic N) is 4. The first kappa shape index (κ1) is 26.5. The molecule has 0 fully saturated rings. The number of aliphatic imine (C=N–C) groups is 1. The first-order valence-electron chi connectivity index (χ1n) is 12.4. The van der Waals surface area contributed by atoms with E-state index in [1.165, 1.54) is 4.88 Å². The molecule has 37 heavy (non-hydrogen) atoms. The van der Waals surface area contributed by atoms with Gasteiger partial charge in [-0.15, -0.1) is 11.3 Å². The third-order valence-corrected chi connectivity index (χ3v) is 7.14. The first-order chi connectivity index (χ1) is 17.9. The number of nitrogens with two attached hydrogens (primary N) is 2. The molecule has 0 spiro atoms. The summed E-state index contributed by atoms with van der Waals surface area (Å²) in [7, 11) is 3.95. The van der Waals surface area contributed by atoms with Crippen LogP contribution in [-0.4, -0.2) is 59.8 Å². The zero-order valence-corrected chi connectivity index (χ0v) is 22.3. The molecule has 11 heteroatoms. The van der Waals surface area contributed by atoms with Gasteiger partial charge in [-0.2, -0.15) is 0 Å². The molecule has 1 unspecified atom stereocenters. The lowest BCUT2D eigenvalue weighted by Gasteiger charge is -2.20. The van der Waals surface area contributed by atoms with Gasteiger partial charge in [0.15, 0.2) is 5.13 Å². The molecular formula is C26H34N8O2S. The Kier molecular flexibility index (Phi) is 8.70. The molecule has 3 heterocycles. The van der Waals surface area contributed by atoms with Crippen LogP contribution >= 0.6 is 11.3 Å². The SMILES string of the molecule is CCCC(CNC)N=C(N)c1c(Oc2ccc(C(=O)Nc3nc4c(s3)CCN(C)C4)cc2)ccnc1N. The van der Waals surface area contributed by atoms with Crippen LogP contribution in [0.15, 0.2) is 41.5 Å². The van der Waals surface area contributed by atoms with Crippen molar-refractivity contribution in [1.82, 2.24) is 20.2 Å². The van der Waals surface area contributed by atoms with E-state index in [0.717, 1.165) is 38.0 Å². The van der Waals surface area contributed by atoms with E-state index in [2.05, 4.69) is 44.5 Å². The summed E-state index contributed by atoms with van der Waals surface area (Å²) >= 11 is 1.54. The van der Waals surface area contributed by atoms with E-state index in [-0.39, 0.29) is 23.6 Å². The maximum atomic E-state index is 12.8. The Balaban J connectivity index is 1.47. The number of pyridine rings is 1. The van der Waals surface area contributed by atoms with E-state index in [0.29, 0.717) is 34.3 Å². The molecule has 1 aliphatic rings. The maximum absolute atomic E-state index is 12.8. The predicted octanol–water partition coefficient (Wildman–Crippen LogP) is 3.25. The van der Waals surface area contributed by atoms with Gasteiger partial charge >= 0.3 is 0 Å². The Morgan fingerprint density at radius 3 is 2.81 bits per heavy atom. The molecule has 0 saturated heterocycles. The van der Waals surface area contributed by atoms with E-state index in [4.69, 9.17) is 16.2 Å². The number of amidine groups is 1. The number of hydrogen-bond acceptors (Lipinski definition) is 9. The Hall–Kier alpha value is -3.54. The fourth-order valence-corrected chi connectivity index (χ4v) is 5.15. The Morgan fingerprint density at radius 1 is 1.30 bits per heavy atom. The number of carbonyl (C=O) groups excluding carboxylic acids is 1. The number of amides is 1. The highest BCUT2D eigenvalue weighted by Crippen LogP contribution is 2.30. The van der Waals surface area contributed by atoms with E-state index >= 15 is 0 Å². The molecule has 1 aliphatic heterocycles. The second kappa shape index (κ2) is 12.1. The van der Waals surface area contributed by atoms with Gasteiger partial charge in [-0.25, -0.2) is 9.97 Å². The van der Waals surface area contributed by atoms with Gasteiger partial charge in [-0.3, -0.25) is 15.1 Å². The minimum absolute atomic E-state index is 0.0181. The number of rotatable bonds is 10. The van der Waals surface area contributed by atoms with Crippen LogP contribution in [-0.2, 0) is 13.0 Å². The molecule has 6 N–H and O–H groups in total. The summed E-state index contributed by atoms with van der Waals surface area (Å²) in [6.07, 6.45) is 4.39. The predicted molar refractivity (Wildman–Crippen MR) is 149 cm³/mol. The van der Waals surface area contributed by atoms with Crippen molar-refractivity contribution in [2.75, 3.05) is 38.2 Å². The average molecular weight is 523 g/mol. The van der Waals surface area contributed by atoms with Crippen LogP contribution in [0.2, 0.25) is 0 Å². The zero-order valence-electron chi connectivity index (χ0n) is 21.5. The summed E-state index contributed by atoms with van der Waals surface area (Å²) in [6, 6.07) is 8.58. The van der Waals surface area contributed by atoms with E-state index in [1.807, 2.05) is 7.05 Å². The number of benzene rings is 1. The van der Waals surface area contributed by atoms with Gasteiger partial charge in [0.05, 0.1) is 11.7 Å². The number of thiazole rings is 1. The van der Waals surface area contributed by atoms with Crippen molar-refractivity contribution >= 4 is 34.0 Å². The molecule has 0 radical (unpaired) electrons. The number of nitrogen functional groups attached to an aromatic ring is 1. The monoisotopic (exact) mass is 522 g/mol. The molecular weight excluding hydrogens is 488 g/mol. The molecule has 0 aliphatic carbocycles. The lowest BCUT2D eigenvalue weighted by Crippen LogP contribution is -2.27. The number of hydrogen-bond donors (Lipinski definition) is 4. The number of nitrogens with one attached hydrogen (secondary N) is 2. The van der Waals surface area contributed by atoms with Crippen molar-refractivity contribution in [3.63, 3.8) is 0 Å². The van der Waals surface area contributed by atoms with E-state index in [9.17, 15) is 4.79 Å². The third-order valence-electron chi connectivity index (χ3n) is 6.06. The van der Waals surface area contributed by atoms with Crippen molar-refractivity contribution < 1.29 is 9.53 Å². The van der Waals surface area contributed by atoms with Crippen molar-refractivity contribution in [3.8, 4) is 11.5 Å². The smallest absolute Gasteiger partial charge is 0.257 e. The average Bonchev–Trinajstić information content (AvgIpc) is 3.26. The van der Waals surface area contributed by atoms with Crippen molar-refractivity contribution in [2.45, 2.75) is 38.8 Å². The Labute approximate surface area is 221 Å². The molecule has 4 rings (SSSR count). The maximum Gasteiger partial charge on any atom is 0.257 e. The number of aromatic nitrogens is 2. The summed E-state index contributed by atoms with van der Waals surface area (Å²) in [5.74, 6) is 1.28. The quantitative estimate of drug-likeness (QED) is 0.235. The second-order valence-electron chi connectivity index (χ2n) is 9.04. The molecule has 0 bridgehead atoms. The van der Waals surface area contributed by atoms with Gasteiger partial charge in [0.1, 0.15) is 28.7 Å². The first-order valence-corrected chi connectivity index (χ1v) is 13.2. The van der Waals surface area contributed by atoms with Gasteiger partial charge in [-0.05, 0) is 51.2 Å². The van der Waals surface area contributed by atoms with Gasteiger partial charge in [0.2, 0.25) is 0 Å². The highest BCUT2D eigenvalue weighted by Gasteiger charge is 2.20. The van der Waals surface area contributed by atoms with Gasteiger partial charge in [0, 0.05) is 42.3 Å². The summed E-state index contributed by atoms with van der Waals surface area (Å²) in [6.45, 7) is 4.62. The molecule has 1 atom stereocenters. The van der Waals surface area contributed by atoms with Crippen LogP contribution in [0.3, 0.4) is 0 Å². The summed E-state index contributed by atoms with van der Waals surface area (Å²) in [4.78, 5) is 29.7. The fraction of sp³-hybridized carbons (Fsp3) is 0.385. The molecule has 196 valence electrons. The fourth-order valence-electron chi connectivity index (χ4n) is 4.20. The Bertz CT molecular complexity index is 1250. The van der Waals surface area contributed by atoms with Crippen molar-refractivity contribution in [1.29, 1.82) is 0 Å². The number of anilines is 2. The molecule has 0 saturated carbocycles. The van der Waals surface area contributed by atoms with Crippen LogP contribution in [0.25, 0.3) is 0 Å².